The molecule has 4 nitrogen and oxygen atoms in total. The fourth-order valence-corrected chi connectivity index (χ4v) is 4.45. The Morgan fingerprint density at radius 2 is 1.88 bits per heavy atom. The number of rotatable bonds is 5. The molecule has 0 aromatic heterocycles. The fraction of sp³-hybridized carbons (Fsp3) is 0.650. The van der Waals surface area contributed by atoms with Crippen LogP contribution in [0, 0.1) is 17.8 Å². The quantitative estimate of drug-likeness (QED) is 0.873. The number of nitrogens with zero attached hydrogens (tertiary/aromatic N) is 1. The molecule has 24 heavy (non-hydrogen) atoms. The van der Waals surface area contributed by atoms with Gasteiger partial charge in [0.1, 0.15) is 0 Å². The maximum Gasteiger partial charge on any atom is 0.223 e. The molecule has 2 saturated carbocycles. The summed E-state index contributed by atoms with van der Waals surface area (Å²) in [5.41, 5.74) is 7.51. The smallest absolute Gasteiger partial charge is 0.223 e. The van der Waals surface area contributed by atoms with Crippen molar-refractivity contribution in [2.24, 2.45) is 23.5 Å². The van der Waals surface area contributed by atoms with E-state index >= 15 is 0 Å². The van der Waals surface area contributed by atoms with Gasteiger partial charge in [-0.3, -0.25) is 4.79 Å². The van der Waals surface area contributed by atoms with E-state index in [1.165, 1.54) is 24.9 Å². The Morgan fingerprint density at radius 1 is 1.25 bits per heavy atom. The second-order valence-electron chi connectivity index (χ2n) is 7.74. The molecule has 0 spiro atoms. The Kier molecular flexibility index (Phi) is 5.44. The van der Waals surface area contributed by atoms with Crippen LogP contribution < -0.4 is 16.0 Å². The van der Waals surface area contributed by atoms with Gasteiger partial charge in [-0.05, 0) is 56.6 Å². The highest BCUT2D eigenvalue weighted by molar-refractivity contribution is 5.79. The van der Waals surface area contributed by atoms with Crippen LogP contribution in [0.2, 0.25) is 0 Å². The normalized spacial score (nSPS) is 30.5. The Balaban J connectivity index is 1.50. The predicted molar refractivity (Wildman–Crippen MR) is 98.8 cm³/mol. The first-order valence-electron chi connectivity index (χ1n) is 9.37. The van der Waals surface area contributed by atoms with E-state index in [0.29, 0.717) is 24.4 Å². The number of nitrogens with one attached hydrogen (secondary N) is 1. The number of hydrogen-bond donors (Lipinski definition) is 2. The number of para-hydroxylation sites is 1. The van der Waals surface area contributed by atoms with Crippen LogP contribution in [0.3, 0.4) is 0 Å². The van der Waals surface area contributed by atoms with Crippen LogP contribution in [0.15, 0.2) is 30.3 Å². The van der Waals surface area contributed by atoms with Crippen LogP contribution in [0.1, 0.15) is 39.0 Å². The molecule has 1 amide bonds. The van der Waals surface area contributed by atoms with Crippen LogP contribution in [-0.2, 0) is 4.79 Å². The first-order valence-corrected chi connectivity index (χ1v) is 9.37. The molecule has 0 saturated heterocycles. The number of fused-ring (bicyclic) bond motifs is 2. The van der Waals surface area contributed by atoms with Crippen LogP contribution in [0.4, 0.5) is 5.69 Å². The van der Waals surface area contributed by atoms with Gasteiger partial charge in [0.05, 0.1) is 0 Å². The van der Waals surface area contributed by atoms with E-state index in [0.717, 1.165) is 12.8 Å². The minimum Gasteiger partial charge on any atom is -0.370 e. The lowest BCUT2D eigenvalue weighted by Gasteiger charge is -2.43. The summed E-state index contributed by atoms with van der Waals surface area (Å²) >= 11 is 0. The molecule has 0 radical (unpaired) electrons. The summed E-state index contributed by atoms with van der Waals surface area (Å²) in [4.78, 5) is 14.8. The SMILES string of the molecule is CC(CNC(=O)C1CC2CCCC(C1)C2N)N(C)c1ccccc1. The van der Waals surface area contributed by atoms with E-state index in [1.807, 2.05) is 18.2 Å². The first kappa shape index (κ1) is 17.3. The van der Waals surface area contributed by atoms with E-state index in [9.17, 15) is 4.79 Å². The van der Waals surface area contributed by atoms with Crippen molar-refractivity contribution in [3.8, 4) is 0 Å². The van der Waals surface area contributed by atoms with Crippen molar-refractivity contribution >= 4 is 11.6 Å². The van der Waals surface area contributed by atoms with Gasteiger partial charge in [0.25, 0.3) is 0 Å². The van der Waals surface area contributed by atoms with Gasteiger partial charge < -0.3 is 16.0 Å². The lowest BCUT2D eigenvalue weighted by molar-refractivity contribution is -0.127. The van der Waals surface area contributed by atoms with Crippen molar-refractivity contribution < 1.29 is 4.79 Å². The molecule has 132 valence electrons. The third-order valence-corrected chi connectivity index (χ3v) is 6.18. The maximum absolute atomic E-state index is 12.6. The number of carbonyl (C=O) groups is 1. The topological polar surface area (TPSA) is 58.4 Å². The zero-order chi connectivity index (χ0) is 17.1. The van der Waals surface area contributed by atoms with Gasteiger partial charge in [-0.2, -0.15) is 0 Å². The van der Waals surface area contributed by atoms with Gasteiger partial charge >= 0.3 is 0 Å². The van der Waals surface area contributed by atoms with Gasteiger partial charge in [-0.15, -0.1) is 0 Å². The summed E-state index contributed by atoms with van der Waals surface area (Å²) in [6.07, 6.45) is 5.65. The number of hydrogen-bond acceptors (Lipinski definition) is 3. The van der Waals surface area contributed by atoms with Gasteiger partial charge in [0.2, 0.25) is 5.91 Å². The number of likely N-dealkylation sites (N-methyl/N-ethyl adjacent to an activating group) is 1. The molecule has 2 bridgehead atoms. The van der Waals surface area contributed by atoms with E-state index in [2.05, 4.69) is 36.3 Å². The number of nitrogens with two attached hydrogens (primary N) is 1. The second-order valence-corrected chi connectivity index (χ2v) is 7.74. The van der Waals surface area contributed by atoms with Crippen molar-refractivity contribution in [3.05, 3.63) is 30.3 Å². The van der Waals surface area contributed by atoms with Crippen molar-refractivity contribution in [3.63, 3.8) is 0 Å². The number of benzene rings is 1. The largest absolute Gasteiger partial charge is 0.370 e. The summed E-state index contributed by atoms with van der Waals surface area (Å²) in [6, 6.07) is 10.9. The molecule has 0 heterocycles. The molecule has 4 heteroatoms. The molecule has 2 aliphatic rings. The van der Waals surface area contributed by atoms with Crippen molar-refractivity contribution in [2.45, 2.75) is 51.1 Å². The highest BCUT2D eigenvalue weighted by Crippen LogP contribution is 2.41. The molecule has 2 fully saturated rings. The van der Waals surface area contributed by atoms with Crippen molar-refractivity contribution in [1.29, 1.82) is 0 Å². The van der Waals surface area contributed by atoms with E-state index < -0.39 is 0 Å². The molecule has 1 aromatic carbocycles. The molecule has 3 rings (SSSR count). The second kappa shape index (κ2) is 7.56. The van der Waals surface area contributed by atoms with Crippen LogP contribution in [-0.4, -0.2) is 31.6 Å². The Labute approximate surface area is 145 Å². The minimum absolute atomic E-state index is 0.161. The highest BCUT2D eigenvalue weighted by Gasteiger charge is 2.40. The third kappa shape index (κ3) is 3.75. The molecule has 3 N–H and O–H groups in total. The fourth-order valence-electron chi connectivity index (χ4n) is 4.45. The summed E-state index contributed by atoms with van der Waals surface area (Å²) in [5, 5.41) is 3.19. The molecule has 0 aliphatic heterocycles. The van der Waals surface area contributed by atoms with E-state index in [4.69, 9.17) is 5.73 Å². The summed E-state index contributed by atoms with van der Waals surface area (Å²) in [7, 11) is 2.08. The third-order valence-electron chi connectivity index (χ3n) is 6.18. The van der Waals surface area contributed by atoms with Gasteiger partial charge in [-0.1, -0.05) is 24.6 Å². The average Bonchev–Trinajstić information content (AvgIpc) is 2.59. The van der Waals surface area contributed by atoms with Gasteiger partial charge in [-0.25, -0.2) is 0 Å². The maximum atomic E-state index is 12.6. The zero-order valence-electron chi connectivity index (χ0n) is 14.9. The van der Waals surface area contributed by atoms with Crippen LogP contribution in [0.5, 0.6) is 0 Å². The molecular weight excluding hydrogens is 298 g/mol. The monoisotopic (exact) mass is 329 g/mol. The Bertz CT molecular complexity index is 533. The highest BCUT2D eigenvalue weighted by atomic mass is 16.1. The number of carbonyl (C=O) groups excluding carboxylic acids is 1. The summed E-state index contributed by atoms with van der Waals surface area (Å²) in [6.45, 7) is 2.83. The van der Waals surface area contributed by atoms with Gasteiger partial charge in [0.15, 0.2) is 0 Å². The van der Waals surface area contributed by atoms with Crippen LogP contribution in [0.25, 0.3) is 0 Å². The number of anilines is 1. The average molecular weight is 329 g/mol. The minimum atomic E-state index is 0.161. The zero-order valence-corrected chi connectivity index (χ0v) is 14.9. The van der Waals surface area contributed by atoms with Crippen molar-refractivity contribution in [2.75, 3.05) is 18.5 Å². The van der Waals surface area contributed by atoms with Gasteiger partial charge in [0, 0.05) is 37.3 Å². The molecule has 3 unspecified atom stereocenters. The van der Waals surface area contributed by atoms with E-state index in [1.54, 1.807) is 0 Å². The lowest BCUT2D eigenvalue weighted by atomic mass is 9.65. The first-order chi connectivity index (χ1) is 11.6. The number of amides is 1. The predicted octanol–water partition coefficient (Wildman–Crippen LogP) is 2.78. The van der Waals surface area contributed by atoms with Crippen LogP contribution >= 0.6 is 0 Å². The Morgan fingerprint density at radius 3 is 2.50 bits per heavy atom. The lowest BCUT2D eigenvalue weighted by Crippen LogP contribution is -2.50. The Hall–Kier alpha value is -1.55. The summed E-state index contributed by atoms with van der Waals surface area (Å²) < 4.78 is 0. The summed E-state index contributed by atoms with van der Waals surface area (Å²) in [5.74, 6) is 1.50. The van der Waals surface area contributed by atoms with E-state index in [-0.39, 0.29) is 17.9 Å². The molecule has 3 atom stereocenters. The molecular formula is C20H31N3O. The molecule has 1 aromatic rings. The molecule has 2 aliphatic carbocycles. The van der Waals surface area contributed by atoms with Crippen molar-refractivity contribution in [1.82, 2.24) is 5.32 Å². The standard InChI is InChI=1S/C20H31N3O/c1-14(23(2)18-9-4-3-5-10-18)13-22-20(24)17-11-15-7-6-8-16(12-17)19(15)21/h3-5,9-10,14-17,19H,6-8,11-13,21H2,1-2H3,(H,22,24).